The van der Waals surface area contributed by atoms with Crippen LogP contribution in [-0.4, -0.2) is 24.7 Å². The molecule has 2 aromatic carbocycles. The van der Waals surface area contributed by atoms with E-state index in [1.165, 1.54) is 30.3 Å². The molecule has 0 saturated carbocycles. The number of aliphatic hydroxyl groups is 1. The third-order valence-electron chi connectivity index (χ3n) is 3.41. The van der Waals surface area contributed by atoms with Crippen LogP contribution in [0.3, 0.4) is 0 Å². The van der Waals surface area contributed by atoms with Crippen LogP contribution in [0.4, 0.5) is 13.2 Å². The Kier molecular flexibility index (Phi) is 6.07. The van der Waals surface area contributed by atoms with Gasteiger partial charge < -0.3 is 9.84 Å². The quantitative estimate of drug-likeness (QED) is 0.673. The van der Waals surface area contributed by atoms with Gasteiger partial charge in [0.15, 0.2) is 0 Å². The first kappa shape index (κ1) is 21.5. The first-order chi connectivity index (χ1) is 12.3. The van der Waals surface area contributed by atoms with Crippen LogP contribution in [0, 0.1) is 0 Å². The van der Waals surface area contributed by atoms with Crippen LogP contribution in [0.15, 0.2) is 42.5 Å². The molecule has 0 amide bonds. The van der Waals surface area contributed by atoms with E-state index < -0.39 is 39.9 Å². The third-order valence-corrected chi connectivity index (χ3v) is 4.08. The van der Waals surface area contributed by atoms with Crippen molar-refractivity contribution in [3.05, 3.63) is 58.6 Å². The van der Waals surface area contributed by atoms with E-state index in [9.17, 15) is 26.7 Å². The Morgan fingerprint density at radius 2 is 1.59 bits per heavy atom. The highest BCUT2D eigenvalue weighted by molar-refractivity contribution is 7.80. The summed E-state index contributed by atoms with van der Waals surface area (Å²) in [6.07, 6.45) is -4.88. The molecule has 0 spiro atoms. The zero-order valence-corrected chi connectivity index (χ0v) is 15.3. The lowest BCUT2D eigenvalue weighted by atomic mass is 9.91. The summed E-state index contributed by atoms with van der Waals surface area (Å²) in [6, 6.07) is 8.66. The van der Waals surface area contributed by atoms with Crippen molar-refractivity contribution in [2.45, 2.75) is 18.7 Å². The molecule has 2 aromatic rings. The maximum absolute atomic E-state index is 13.4. The fraction of sp³-hybridized carbons (Fsp3) is 0.250. The fourth-order valence-electron chi connectivity index (χ4n) is 2.20. The average molecular weight is 427 g/mol. The van der Waals surface area contributed by atoms with Crippen molar-refractivity contribution in [2.24, 2.45) is 0 Å². The van der Waals surface area contributed by atoms with Crippen molar-refractivity contribution in [3.8, 4) is 11.5 Å². The zero-order chi connectivity index (χ0) is 20.5. The lowest BCUT2D eigenvalue weighted by molar-refractivity contribution is -0.141. The van der Waals surface area contributed by atoms with Crippen LogP contribution in [0.5, 0.6) is 11.5 Å². The second kappa shape index (κ2) is 7.64. The number of alkyl halides is 3. The van der Waals surface area contributed by atoms with Crippen molar-refractivity contribution in [1.82, 2.24) is 0 Å². The lowest BCUT2D eigenvalue weighted by Crippen LogP contribution is -2.32. The maximum atomic E-state index is 13.4. The molecule has 2 N–H and O–H groups in total. The van der Waals surface area contributed by atoms with Crippen molar-refractivity contribution in [1.29, 1.82) is 0 Å². The molecule has 0 aliphatic rings. The number of hydrogen-bond donors (Lipinski definition) is 2. The normalized spacial score (nSPS) is 14.6. The minimum Gasteiger partial charge on any atom is -0.457 e. The molecule has 0 saturated heterocycles. The van der Waals surface area contributed by atoms with Crippen LogP contribution >= 0.6 is 11.6 Å². The van der Waals surface area contributed by atoms with Crippen LogP contribution in [0.1, 0.15) is 18.1 Å². The molecule has 27 heavy (non-hydrogen) atoms. The van der Waals surface area contributed by atoms with Gasteiger partial charge in [0.05, 0.1) is 5.56 Å². The summed E-state index contributed by atoms with van der Waals surface area (Å²) in [6.45, 7) is -0.200. The molecule has 0 aliphatic heterocycles. The zero-order valence-electron chi connectivity index (χ0n) is 13.7. The van der Waals surface area contributed by atoms with Gasteiger partial charge in [0.1, 0.15) is 23.7 Å². The van der Waals surface area contributed by atoms with Crippen molar-refractivity contribution < 1.29 is 40.2 Å². The molecular formula is C16H14ClF3O6S. The van der Waals surface area contributed by atoms with Crippen LogP contribution in [0.25, 0.3) is 0 Å². The van der Waals surface area contributed by atoms with E-state index in [1.54, 1.807) is 0 Å². The largest absolute Gasteiger partial charge is 0.457 e. The first-order valence-corrected chi connectivity index (χ1v) is 9.02. The molecule has 0 heterocycles. The van der Waals surface area contributed by atoms with Crippen LogP contribution in [-0.2, 0) is 26.4 Å². The standard InChI is InChI=1S/C16H14ClF3O6S/c1-15(21,9-25-27(22,23)24)13-7-6-12(8-14(13)16(18,19)20)26-11-4-2-10(17)3-5-11/h2-8,21H,9H2,1H3,(H,22,23,24). The summed E-state index contributed by atoms with van der Waals surface area (Å²) in [5, 5.41) is 10.7. The van der Waals surface area contributed by atoms with E-state index in [2.05, 4.69) is 4.18 Å². The van der Waals surface area contributed by atoms with E-state index in [1.807, 2.05) is 0 Å². The minimum atomic E-state index is -4.94. The van der Waals surface area contributed by atoms with Gasteiger partial charge in [-0.3, -0.25) is 4.55 Å². The molecule has 0 fully saturated rings. The van der Waals surface area contributed by atoms with E-state index in [0.29, 0.717) is 11.1 Å². The Labute approximate surface area is 158 Å². The monoisotopic (exact) mass is 426 g/mol. The van der Waals surface area contributed by atoms with Gasteiger partial charge in [0.2, 0.25) is 0 Å². The number of halogens is 4. The number of ether oxygens (including phenoxy) is 1. The maximum Gasteiger partial charge on any atom is 0.416 e. The second-order valence-corrected chi connectivity index (χ2v) is 7.25. The van der Waals surface area contributed by atoms with Crippen LogP contribution in [0.2, 0.25) is 5.02 Å². The summed E-state index contributed by atoms with van der Waals surface area (Å²) in [4.78, 5) is 0. The molecule has 0 radical (unpaired) electrons. The Morgan fingerprint density at radius 1 is 1.04 bits per heavy atom. The van der Waals surface area contributed by atoms with Gasteiger partial charge in [0.25, 0.3) is 0 Å². The number of rotatable bonds is 6. The molecule has 11 heteroatoms. The summed E-state index contributed by atoms with van der Waals surface area (Å²) in [5.74, 6) is 0.0710. The molecule has 2 rings (SSSR count). The minimum absolute atomic E-state index is 0.167. The van der Waals surface area contributed by atoms with Gasteiger partial charge in [-0.1, -0.05) is 17.7 Å². The summed E-state index contributed by atoms with van der Waals surface area (Å²) >= 11 is 5.73. The van der Waals surface area contributed by atoms with Crippen molar-refractivity contribution in [2.75, 3.05) is 6.61 Å². The molecular weight excluding hydrogens is 413 g/mol. The summed E-state index contributed by atoms with van der Waals surface area (Å²) in [7, 11) is -4.94. The highest BCUT2D eigenvalue weighted by Crippen LogP contribution is 2.39. The molecule has 0 bridgehead atoms. The van der Waals surface area contributed by atoms with E-state index >= 15 is 0 Å². The fourth-order valence-corrected chi connectivity index (χ4v) is 2.70. The van der Waals surface area contributed by atoms with E-state index in [0.717, 1.165) is 13.0 Å². The Bertz CT molecular complexity index is 911. The van der Waals surface area contributed by atoms with E-state index in [4.69, 9.17) is 20.9 Å². The third kappa shape index (κ3) is 6.08. The SMILES string of the molecule is CC(O)(COS(=O)(=O)O)c1ccc(Oc2ccc(Cl)cc2)cc1C(F)(F)F. The topological polar surface area (TPSA) is 93.1 Å². The Morgan fingerprint density at radius 3 is 2.11 bits per heavy atom. The average Bonchev–Trinajstić information content (AvgIpc) is 2.54. The van der Waals surface area contributed by atoms with Gasteiger partial charge in [-0.25, -0.2) is 4.18 Å². The number of benzene rings is 2. The molecule has 1 unspecified atom stereocenters. The second-order valence-electron chi connectivity index (χ2n) is 5.72. The summed E-state index contributed by atoms with van der Waals surface area (Å²) < 4.78 is 79.5. The lowest BCUT2D eigenvalue weighted by Gasteiger charge is -2.26. The van der Waals surface area contributed by atoms with Gasteiger partial charge in [-0.05, 0) is 48.9 Å². The van der Waals surface area contributed by atoms with Gasteiger partial charge in [0, 0.05) is 5.02 Å². The molecule has 1 atom stereocenters. The Balaban J connectivity index is 2.39. The molecule has 0 aromatic heterocycles. The van der Waals surface area contributed by atoms with Gasteiger partial charge in [-0.2, -0.15) is 21.6 Å². The van der Waals surface area contributed by atoms with Crippen molar-refractivity contribution in [3.63, 3.8) is 0 Å². The molecule has 6 nitrogen and oxygen atoms in total. The smallest absolute Gasteiger partial charge is 0.416 e. The summed E-state index contributed by atoms with van der Waals surface area (Å²) in [5.41, 5.74) is -4.26. The van der Waals surface area contributed by atoms with E-state index in [-0.39, 0.29) is 11.5 Å². The highest BCUT2D eigenvalue weighted by Gasteiger charge is 2.40. The number of hydrogen-bond acceptors (Lipinski definition) is 5. The Hall–Kier alpha value is -1.85. The van der Waals surface area contributed by atoms with Gasteiger partial charge in [-0.15, -0.1) is 0 Å². The van der Waals surface area contributed by atoms with Gasteiger partial charge >= 0.3 is 16.6 Å². The van der Waals surface area contributed by atoms with Crippen LogP contribution < -0.4 is 4.74 Å². The predicted octanol–water partition coefficient (Wildman–Crippen LogP) is 4.18. The molecule has 0 aliphatic carbocycles. The predicted molar refractivity (Wildman–Crippen MR) is 90.0 cm³/mol. The highest BCUT2D eigenvalue weighted by atomic mass is 35.5. The molecule has 148 valence electrons. The first-order valence-electron chi connectivity index (χ1n) is 7.27. The van der Waals surface area contributed by atoms with Crippen molar-refractivity contribution >= 4 is 22.0 Å².